The van der Waals surface area contributed by atoms with Crippen LogP contribution in [0.25, 0.3) is 0 Å². The average Bonchev–Trinajstić information content (AvgIpc) is 2.93. The molecule has 0 aliphatic carbocycles. The maximum Gasteiger partial charge on any atom is 0.352 e. The van der Waals surface area contributed by atoms with Crippen LogP contribution in [0.5, 0.6) is 11.5 Å². The molecule has 0 unspecified atom stereocenters. The fraction of sp³-hybridized carbons (Fsp3) is 0.0345. The van der Waals surface area contributed by atoms with Gasteiger partial charge in [0.05, 0.1) is 29.4 Å². The van der Waals surface area contributed by atoms with Crippen LogP contribution >= 0.6 is 0 Å². The van der Waals surface area contributed by atoms with Crippen LogP contribution in [0, 0.1) is 36.2 Å². The van der Waals surface area contributed by atoms with E-state index in [9.17, 15) is 19.2 Å². The number of carbonyl (C=O) groups excluding carboxylic acids is 4. The molecule has 0 N–H and O–H groups in total. The molecule has 0 aliphatic rings. The molecule has 8 heteroatoms. The first kappa shape index (κ1) is 25.8. The third-order valence-corrected chi connectivity index (χ3v) is 4.53. The van der Waals surface area contributed by atoms with Crippen LogP contribution in [0.15, 0.2) is 72.8 Å². The summed E-state index contributed by atoms with van der Waals surface area (Å²) < 4.78 is 19.9. The van der Waals surface area contributed by atoms with Crippen molar-refractivity contribution in [1.82, 2.24) is 0 Å². The second-order valence-corrected chi connectivity index (χ2v) is 6.91. The van der Waals surface area contributed by atoms with E-state index in [1.807, 2.05) is 0 Å². The molecule has 0 bridgehead atoms. The summed E-state index contributed by atoms with van der Waals surface area (Å²) in [6.45, 7) is 0. The SMILES string of the molecule is C#CC#CC#COC(=O)c1ccc(OC(=O)c2ccc(C(=O)Oc3ccc(C(=O)OC)cc3)cc2)cc1. The summed E-state index contributed by atoms with van der Waals surface area (Å²) in [7, 11) is 1.27. The van der Waals surface area contributed by atoms with Crippen molar-refractivity contribution in [2.45, 2.75) is 0 Å². The molecule has 0 atom stereocenters. The summed E-state index contributed by atoms with van der Waals surface area (Å²) in [5, 5.41) is 0. The van der Waals surface area contributed by atoms with Crippen molar-refractivity contribution in [2.24, 2.45) is 0 Å². The van der Waals surface area contributed by atoms with Gasteiger partial charge in [-0.15, -0.1) is 6.42 Å². The van der Waals surface area contributed by atoms with Crippen LogP contribution in [0.1, 0.15) is 41.4 Å². The zero-order chi connectivity index (χ0) is 26.6. The fourth-order valence-electron chi connectivity index (χ4n) is 2.73. The number of carbonyl (C=O) groups is 4. The Morgan fingerprint density at radius 3 is 1.41 bits per heavy atom. The van der Waals surface area contributed by atoms with E-state index in [2.05, 4.69) is 34.5 Å². The molecule has 3 aromatic rings. The highest BCUT2D eigenvalue weighted by molar-refractivity contribution is 5.95. The molecule has 0 saturated heterocycles. The van der Waals surface area contributed by atoms with E-state index in [0.717, 1.165) is 0 Å². The van der Waals surface area contributed by atoms with Gasteiger partial charge in [-0.1, -0.05) is 0 Å². The number of ether oxygens (including phenoxy) is 4. The lowest BCUT2D eigenvalue weighted by Crippen LogP contribution is -2.11. The first-order chi connectivity index (χ1) is 17.9. The van der Waals surface area contributed by atoms with Gasteiger partial charge in [0, 0.05) is 11.8 Å². The van der Waals surface area contributed by atoms with Crippen molar-refractivity contribution in [3.8, 4) is 47.7 Å². The second kappa shape index (κ2) is 12.6. The lowest BCUT2D eigenvalue weighted by Gasteiger charge is -2.07. The molecular weight excluding hydrogens is 476 g/mol. The normalized spacial score (nSPS) is 9.19. The number of esters is 4. The molecule has 3 rings (SSSR count). The van der Waals surface area contributed by atoms with E-state index in [1.165, 1.54) is 79.9 Å². The van der Waals surface area contributed by atoms with Crippen molar-refractivity contribution in [1.29, 1.82) is 0 Å². The minimum absolute atomic E-state index is 0.182. The van der Waals surface area contributed by atoms with Gasteiger partial charge in [-0.2, -0.15) is 0 Å². The molecule has 0 saturated carbocycles. The molecule has 0 amide bonds. The lowest BCUT2D eigenvalue weighted by atomic mass is 10.1. The molecule has 0 radical (unpaired) electrons. The second-order valence-electron chi connectivity index (χ2n) is 6.91. The summed E-state index contributed by atoms with van der Waals surface area (Å²) in [6, 6.07) is 17.1. The fourth-order valence-corrected chi connectivity index (χ4v) is 2.73. The Balaban J connectivity index is 1.56. The van der Waals surface area contributed by atoms with Crippen LogP contribution in [0.4, 0.5) is 0 Å². The highest BCUT2D eigenvalue weighted by Crippen LogP contribution is 2.17. The first-order valence-corrected chi connectivity index (χ1v) is 10.4. The van der Waals surface area contributed by atoms with Crippen LogP contribution < -0.4 is 9.47 Å². The standard InChI is InChI=1S/C29H16O8/c1-3-4-5-6-19-35-27(31)21-13-17-25(18-14-21)37-29(33)23-9-7-22(8-10-23)28(32)36-24-15-11-20(12-16-24)26(30)34-2/h1,7-18H,2H3. The van der Waals surface area contributed by atoms with E-state index >= 15 is 0 Å². The predicted octanol–water partition coefficient (Wildman–Crippen LogP) is 3.67. The number of hydrogen-bond acceptors (Lipinski definition) is 8. The topological polar surface area (TPSA) is 105 Å². The Morgan fingerprint density at radius 1 is 0.568 bits per heavy atom. The van der Waals surface area contributed by atoms with Gasteiger partial charge in [0.1, 0.15) is 17.6 Å². The van der Waals surface area contributed by atoms with E-state index in [-0.39, 0.29) is 28.2 Å². The highest BCUT2D eigenvalue weighted by atomic mass is 16.5. The molecule has 0 spiro atoms. The van der Waals surface area contributed by atoms with Crippen molar-refractivity contribution in [2.75, 3.05) is 7.11 Å². The highest BCUT2D eigenvalue weighted by Gasteiger charge is 2.14. The molecule has 0 heterocycles. The molecular formula is C29H16O8. The van der Waals surface area contributed by atoms with E-state index in [4.69, 9.17) is 20.6 Å². The van der Waals surface area contributed by atoms with Gasteiger partial charge in [-0.3, -0.25) is 0 Å². The van der Waals surface area contributed by atoms with Crippen molar-refractivity contribution in [3.05, 3.63) is 95.1 Å². The summed E-state index contributed by atoms with van der Waals surface area (Å²) in [5.74, 6) is 6.75. The van der Waals surface area contributed by atoms with Crippen LogP contribution in [0.3, 0.4) is 0 Å². The van der Waals surface area contributed by atoms with Crippen LogP contribution in [-0.4, -0.2) is 31.0 Å². The van der Waals surface area contributed by atoms with E-state index in [1.54, 1.807) is 0 Å². The van der Waals surface area contributed by atoms with Crippen LogP contribution in [0.2, 0.25) is 0 Å². The number of hydrogen-bond donors (Lipinski definition) is 0. The van der Waals surface area contributed by atoms with Gasteiger partial charge >= 0.3 is 23.9 Å². The Morgan fingerprint density at radius 2 is 0.973 bits per heavy atom. The quantitative estimate of drug-likeness (QED) is 0.292. The number of benzene rings is 3. The van der Waals surface area contributed by atoms with E-state index in [0.29, 0.717) is 5.56 Å². The Kier molecular flexibility index (Phi) is 8.81. The number of terminal acetylenes is 1. The smallest absolute Gasteiger partial charge is 0.352 e. The van der Waals surface area contributed by atoms with Gasteiger partial charge < -0.3 is 18.9 Å². The summed E-state index contributed by atoms with van der Waals surface area (Å²) in [4.78, 5) is 48.2. The maximum atomic E-state index is 12.4. The molecule has 37 heavy (non-hydrogen) atoms. The molecule has 8 nitrogen and oxygen atoms in total. The van der Waals surface area contributed by atoms with Gasteiger partial charge in [-0.25, -0.2) is 19.2 Å². The minimum Gasteiger partial charge on any atom is -0.465 e. The zero-order valence-electron chi connectivity index (χ0n) is 19.3. The van der Waals surface area contributed by atoms with Crippen LogP contribution in [-0.2, 0) is 9.47 Å². The van der Waals surface area contributed by atoms with Gasteiger partial charge in [0.25, 0.3) is 0 Å². The predicted molar refractivity (Wildman–Crippen MR) is 130 cm³/mol. The van der Waals surface area contributed by atoms with Gasteiger partial charge in [0.15, 0.2) is 0 Å². The third kappa shape index (κ3) is 7.35. The molecule has 0 aromatic heterocycles. The van der Waals surface area contributed by atoms with Crippen molar-refractivity contribution >= 4 is 23.9 Å². The summed E-state index contributed by atoms with van der Waals surface area (Å²) >= 11 is 0. The summed E-state index contributed by atoms with van der Waals surface area (Å²) in [5.41, 5.74) is 0.883. The third-order valence-electron chi connectivity index (χ3n) is 4.53. The van der Waals surface area contributed by atoms with Gasteiger partial charge in [0.2, 0.25) is 0 Å². The first-order valence-electron chi connectivity index (χ1n) is 10.4. The Bertz CT molecular complexity index is 1490. The largest absolute Gasteiger partial charge is 0.465 e. The lowest BCUT2D eigenvalue weighted by molar-refractivity contribution is 0.0599. The molecule has 0 aliphatic heterocycles. The number of methoxy groups -OCH3 is 1. The molecule has 3 aromatic carbocycles. The van der Waals surface area contributed by atoms with Crippen molar-refractivity contribution < 1.29 is 38.1 Å². The van der Waals surface area contributed by atoms with Gasteiger partial charge in [-0.05, 0) is 84.6 Å². The maximum absolute atomic E-state index is 12.4. The summed E-state index contributed by atoms with van der Waals surface area (Å²) in [6.07, 6.45) is 7.06. The van der Waals surface area contributed by atoms with Crippen molar-refractivity contribution in [3.63, 3.8) is 0 Å². The number of rotatable bonds is 6. The zero-order valence-corrected chi connectivity index (χ0v) is 19.3. The van der Waals surface area contributed by atoms with E-state index < -0.39 is 23.9 Å². The monoisotopic (exact) mass is 492 g/mol. The Hall–Kier alpha value is -5.78. The molecule has 0 fully saturated rings. The molecule has 180 valence electrons. The minimum atomic E-state index is -0.713. The average molecular weight is 492 g/mol. The Labute approximate surface area is 212 Å².